The average molecular weight is 448 g/mol. The molecule has 0 aliphatic rings. The number of fused-ring (bicyclic) bond motifs is 1. The van der Waals surface area contributed by atoms with Crippen molar-refractivity contribution in [2.45, 2.75) is 26.5 Å². The highest BCUT2D eigenvalue weighted by atomic mass is 31.2. The molecule has 1 unspecified atom stereocenters. The molecule has 0 saturated heterocycles. The van der Waals surface area contributed by atoms with Gasteiger partial charge in [0.2, 0.25) is 0 Å². The summed E-state index contributed by atoms with van der Waals surface area (Å²) < 4.78 is 31.3. The quantitative estimate of drug-likeness (QED) is 0.254. The van der Waals surface area contributed by atoms with Crippen LogP contribution in [0.3, 0.4) is 0 Å². The van der Waals surface area contributed by atoms with Gasteiger partial charge in [0.05, 0.1) is 19.0 Å². The van der Waals surface area contributed by atoms with Gasteiger partial charge in [0.25, 0.3) is 0 Å². The number of nitrogens with one attached hydrogen (secondary N) is 1. The van der Waals surface area contributed by atoms with Gasteiger partial charge >= 0.3 is 13.5 Å². The molecule has 12 heteroatoms. The van der Waals surface area contributed by atoms with Crippen molar-refractivity contribution in [1.29, 1.82) is 0 Å². The zero-order valence-electron chi connectivity index (χ0n) is 17.3. The van der Waals surface area contributed by atoms with Crippen molar-refractivity contribution in [3.63, 3.8) is 0 Å². The van der Waals surface area contributed by atoms with E-state index in [4.69, 9.17) is 19.7 Å². The number of hydrogen-bond donors (Lipinski definition) is 2. The molecule has 2 aromatic heterocycles. The summed E-state index contributed by atoms with van der Waals surface area (Å²) in [6, 6.07) is 8.66. The van der Waals surface area contributed by atoms with Crippen LogP contribution in [-0.4, -0.2) is 51.1 Å². The minimum atomic E-state index is -3.54. The number of imidazole rings is 1. The van der Waals surface area contributed by atoms with Crippen LogP contribution in [0.2, 0.25) is 0 Å². The van der Waals surface area contributed by atoms with Gasteiger partial charge in [-0.1, -0.05) is 18.2 Å². The van der Waals surface area contributed by atoms with Crippen molar-refractivity contribution in [3.05, 3.63) is 43.0 Å². The third-order valence-corrected chi connectivity index (χ3v) is 5.66. The first-order chi connectivity index (χ1) is 14.9. The number of ether oxygens (including phenoxy) is 2. The molecule has 31 heavy (non-hydrogen) atoms. The fourth-order valence-electron chi connectivity index (χ4n) is 2.66. The monoisotopic (exact) mass is 448 g/mol. The first kappa shape index (κ1) is 22.7. The summed E-state index contributed by atoms with van der Waals surface area (Å²) in [5.41, 5.74) is 6.87. The van der Waals surface area contributed by atoms with Crippen LogP contribution in [0, 0.1) is 0 Å². The number of esters is 1. The van der Waals surface area contributed by atoms with Crippen LogP contribution in [-0.2, 0) is 25.4 Å². The normalized spacial score (nSPS) is 13.3. The van der Waals surface area contributed by atoms with Crippen LogP contribution < -0.4 is 15.3 Å². The van der Waals surface area contributed by atoms with E-state index in [1.54, 1.807) is 49.0 Å². The zero-order chi connectivity index (χ0) is 22.3. The van der Waals surface area contributed by atoms with Gasteiger partial charge in [-0.05, 0) is 26.0 Å². The Hall–Kier alpha value is -3.01. The Kier molecular flexibility index (Phi) is 7.56. The minimum absolute atomic E-state index is 0.204. The van der Waals surface area contributed by atoms with E-state index in [0.717, 1.165) is 0 Å². The molecule has 0 aliphatic heterocycles. The van der Waals surface area contributed by atoms with Crippen molar-refractivity contribution in [2.24, 2.45) is 0 Å². The highest BCUT2D eigenvalue weighted by Crippen LogP contribution is 2.42. The van der Waals surface area contributed by atoms with Crippen LogP contribution in [0.15, 0.2) is 43.0 Å². The maximum atomic E-state index is 13.3. The Bertz CT molecular complexity index is 1060. The van der Waals surface area contributed by atoms with Crippen molar-refractivity contribution in [2.75, 3.05) is 25.2 Å². The summed E-state index contributed by atoms with van der Waals surface area (Å²) >= 11 is 0. The van der Waals surface area contributed by atoms with Crippen LogP contribution >= 0.6 is 7.52 Å². The number of carbonyl (C=O) groups is 1. The molecule has 11 nitrogen and oxygen atoms in total. The topological polar surface area (TPSA) is 143 Å². The van der Waals surface area contributed by atoms with Gasteiger partial charge in [-0.25, -0.2) is 20.0 Å². The van der Waals surface area contributed by atoms with E-state index in [1.165, 1.54) is 6.33 Å². The molecule has 0 radical (unpaired) electrons. The summed E-state index contributed by atoms with van der Waals surface area (Å²) in [5, 5.41) is 2.66. The highest BCUT2D eigenvalue weighted by molar-refractivity contribution is 7.57. The molecule has 0 aliphatic carbocycles. The zero-order valence-corrected chi connectivity index (χ0v) is 18.2. The lowest BCUT2D eigenvalue weighted by molar-refractivity contribution is -0.145. The molecule has 3 N–H and O–H groups in total. The summed E-state index contributed by atoms with van der Waals surface area (Å²) in [7, 11) is -3.54. The molecule has 3 rings (SSSR count). The number of nitrogens with two attached hydrogens (primary N) is 1. The molecule has 166 valence electrons. The molecule has 3 aromatic rings. The SMILES string of the molecule is CC(C)OC(=O)CNP(=O)(COCCn1cnc2c(N)ncnc21)Oc1ccccc1. The number of nitrogen functional groups attached to an aromatic ring is 1. The van der Waals surface area contributed by atoms with E-state index in [2.05, 4.69) is 20.0 Å². The summed E-state index contributed by atoms with van der Waals surface area (Å²) in [6.45, 7) is 3.80. The molecule has 0 saturated carbocycles. The Morgan fingerprint density at radius 3 is 2.74 bits per heavy atom. The van der Waals surface area contributed by atoms with E-state index in [0.29, 0.717) is 29.3 Å². The Morgan fingerprint density at radius 1 is 1.23 bits per heavy atom. The molecule has 1 atom stereocenters. The van der Waals surface area contributed by atoms with Gasteiger partial charge in [-0.3, -0.25) is 9.36 Å². The number of hydrogen-bond acceptors (Lipinski definition) is 9. The predicted octanol–water partition coefficient (Wildman–Crippen LogP) is 2.20. The van der Waals surface area contributed by atoms with Gasteiger partial charge in [0, 0.05) is 6.54 Å². The smallest absolute Gasteiger partial charge is 0.342 e. The van der Waals surface area contributed by atoms with Crippen LogP contribution in [0.5, 0.6) is 5.75 Å². The molecule has 0 bridgehead atoms. The summed E-state index contributed by atoms with van der Waals surface area (Å²) in [6.07, 6.45) is 2.42. The van der Waals surface area contributed by atoms with Crippen LogP contribution in [0.25, 0.3) is 11.2 Å². The molecule has 2 heterocycles. The van der Waals surface area contributed by atoms with Crippen molar-refractivity contribution >= 4 is 30.5 Å². The Labute approximate surface area is 179 Å². The van der Waals surface area contributed by atoms with Crippen LogP contribution in [0.1, 0.15) is 13.8 Å². The second-order valence-corrected chi connectivity index (χ2v) is 8.96. The second-order valence-electron chi connectivity index (χ2n) is 6.86. The van der Waals surface area contributed by atoms with Crippen LogP contribution in [0.4, 0.5) is 5.82 Å². The van der Waals surface area contributed by atoms with E-state index in [1.807, 2.05) is 6.07 Å². The Balaban J connectivity index is 1.60. The number of rotatable bonds is 11. The van der Waals surface area contributed by atoms with E-state index in [9.17, 15) is 9.36 Å². The third-order valence-electron chi connectivity index (χ3n) is 3.99. The van der Waals surface area contributed by atoms with Crippen molar-refractivity contribution in [1.82, 2.24) is 24.6 Å². The number of para-hydroxylation sites is 1. The van der Waals surface area contributed by atoms with E-state index in [-0.39, 0.29) is 25.6 Å². The number of nitrogens with zero attached hydrogens (tertiary/aromatic N) is 4. The van der Waals surface area contributed by atoms with Gasteiger partial charge < -0.3 is 24.3 Å². The highest BCUT2D eigenvalue weighted by Gasteiger charge is 2.26. The van der Waals surface area contributed by atoms with Gasteiger partial charge in [-0.15, -0.1) is 0 Å². The maximum Gasteiger partial charge on any atom is 0.342 e. The number of benzene rings is 1. The fraction of sp³-hybridized carbons (Fsp3) is 0.368. The van der Waals surface area contributed by atoms with Gasteiger partial charge in [-0.2, -0.15) is 0 Å². The third kappa shape index (κ3) is 6.48. The number of aromatic nitrogens is 4. The average Bonchev–Trinajstić information content (AvgIpc) is 3.15. The fourth-order valence-corrected chi connectivity index (χ4v) is 4.07. The molecular formula is C19H25N6O5P. The molecule has 0 amide bonds. The number of carbonyl (C=O) groups excluding carboxylic acids is 1. The molecular weight excluding hydrogens is 423 g/mol. The summed E-state index contributed by atoms with van der Waals surface area (Å²) in [4.78, 5) is 24.1. The standard InChI is InChI=1S/C19H25N6O5P/c1-14(2)29-16(26)10-24-31(27,30-15-6-4-3-5-7-15)13-28-9-8-25-12-23-17-18(20)21-11-22-19(17)25/h3-7,11-12,14H,8-10,13H2,1-2H3,(H,24,27)(H2,20,21,22). The Morgan fingerprint density at radius 2 is 2.00 bits per heavy atom. The van der Waals surface area contributed by atoms with Gasteiger partial charge in [0.15, 0.2) is 11.5 Å². The van der Waals surface area contributed by atoms with Crippen molar-refractivity contribution < 1.29 is 23.4 Å². The van der Waals surface area contributed by atoms with Gasteiger partial charge in [0.1, 0.15) is 30.5 Å². The predicted molar refractivity (Wildman–Crippen MR) is 114 cm³/mol. The largest absolute Gasteiger partial charge is 0.462 e. The molecule has 0 spiro atoms. The first-order valence-electron chi connectivity index (χ1n) is 9.64. The van der Waals surface area contributed by atoms with Crippen molar-refractivity contribution in [3.8, 4) is 5.75 Å². The molecule has 1 aromatic carbocycles. The summed E-state index contributed by atoms with van der Waals surface area (Å²) in [5.74, 6) is 0.156. The van der Waals surface area contributed by atoms with E-state index >= 15 is 0 Å². The minimum Gasteiger partial charge on any atom is -0.462 e. The number of anilines is 1. The first-order valence-corrected chi connectivity index (χ1v) is 11.4. The lowest BCUT2D eigenvalue weighted by atomic mass is 10.3. The molecule has 0 fully saturated rings. The van der Waals surface area contributed by atoms with E-state index < -0.39 is 13.5 Å². The maximum absolute atomic E-state index is 13.3. The second kappa shape index (κ2) is 10.3. The lowest BCUT2D eigenvalue weighted by Gasteiger charge is -2.20. The lowest BCUT2D eigenvalue weighted by Crippen LogP contribution is -2.28.